The van der Waals surface area contributed by atoms with Gasteiger partial charge in [-0.25, -0.2) is 0 Å². The van der Waals surface area contributed by atoms with E-state index < -0.39 is 0 Å². The maximum Gasteiger partial charge on any atom is 0.136 e. The lowest BCUT2D eigenvalue weighted by atomic mass is 9.81. The van der Waals surface area contributed by atoms with E-state index >= 15 is 0 Å². The zero-order chi connectivity index (χ0) is 13.1. The van der Waals surface area contributed by atoms with Gasteiger partial charge in [-0.15, -0.1) is 0 Å². The van der Waals surface area contributed by atoms with Crippen molar-refractivity contribution >= 4 is 5.78 Å². The van der Waals surface area contributed by atoms with Gasteiger partial charge in [0, 0.05) is 24.4 Å². The fourth-order valence-corrected chi connectivity index (χ4v) is 3.07. The van der Waals surface area contributed by atoms with Crippen molar-refractivity contribution in [1.82, 2.24) is 4.90 Å². The van der Waals surface area contributed by atoms with Gasteiger partial charge in [0.1, 0.15) is 5.78 Å². The van der Waals surface area contributed by atoms with Gasteiger partial charge in [-0.1, -0.05) is 11.6 Å². The number of carbonyl (C=O) groups excluding carboxylic acids is 1. The van der Waals surface area contributed by atoms with Gasteiger partial charge >= 0.3 is 0 Å². The van der Waals surface area contributed by atoms with Crippen LogP contribution in [0.2, 0.25) is 0 Å². The first-order valence-corrected chi connectivity index (χ1v) is 7.03. The van der Waals surface area contributed by atoms with E-state index in [2.05, 4.69) is 31.9 Å². The van der Waals surface area contributed by atoms with Gasteiger partial charge in [0.15, 0.2) is 0 Å². The number of likely N-dealkylation sites (N-methyl/N-ethyl adjacent to an activating group) is 1. The van der Waals surface area contributed by atoms with Crippen molar-refractivity contribution < 1.29 is 9.53 Å². The Balaban J connectivity index is 1.86. The predicted octanol–water partition coefficient (Wildman–Crippen LogP) is 2.41. The van der Waals surface area contributed by atoms with Gasteiger partial charge in [0.2, 0.25) is 0 Å². The summed E-state index contributed by atoms with van der Waals surface area (Å²) in [6, 6.07) is 0.907. The summed E-state index contributed by atoms with van der Waals surface area (Å²) >= 11 is 0. The molecular formula is C15H25NO2. The average molecular weight is 251 g/mol. The van der Waals surface area contributed by atoms with Gasteiger partial charge in [0.05, 0.1) is 13.2 Å². The summed E-state index contributed by atoms with van der Waals surface area (Å²) < 4.78 is 5.59. The average Bonchev–Trinajstić information content (AvgIpc) is 2.27. The molecule has 2 bridgehead atoms. The number of piperidine rings is 1. The van der Waals surface area contributed by atoms with Crippen LogP contribution in [0.3, 0.4) is 0 Å². The highest BCUT2D eigenvalue weighted by Gasteiger charge is 2.38. The highest BCUT2D eigenvalue weighted by atomic mass is 16.5. The topological polar surface area (TPSA) is 29.5 Å². The fraction of sp³-hybridized carbons (Fsp3) is 0.800. The lowest BCUT2D eigenvalue weighted by Gasteiger charge is -2.46. The third kappa shape index (κ3) is 3.21. The molecule has 0 aromatic heterocycles. The number of ether oxygens (including phenoxy) is 1. The molecule has 0 radical (unpaired) electrons. The van der Waals surface area contributed by atoms with Crippen LogP contribution in [0.25, 0.3) is 0 Å². The summed E-state index contributed by atoms with van der Waals surface area (Å²) in [5.41, 5.74) is 1.30. The summed E-state index contributed by atoms with van der Waals surface area (Å²) in [6.45, 7) is 5.76. The zero-order valence-corrected chi connectivity index (χ0v) is 11.8. The van der Waals surface area contributed by atoms with Crippen LogP contribution in [0.15, 0.2) is 11.6 Å². The maximum atomic E-state index is 12.2. The molecule has 2 aliphatic rings. The predicted molar refractivity (Wildman–Crippen MR) is 72.6 cm³/mol. The van der Waals surface area contributed by atoms with Gasteiger partial charge in [0.25, 0.3) is 0 Å². The molecule has 18 heavy (non-hydrogen) atoms. The molecule has 0 N–H and O–H groups in total. The van der Waals surface area contributed by atoms with E-state index in [9.17, 15) is 4.79 Å². The van der Waals surface area contributed by atoms with Crippen molar-refractivity contribution in [3.05, 3.63) is 11.6 Å². The van der Waals surface area contributed by atoms with E-state index in [1.807, 2.05) is 0 Å². The summed E-state index contributed by atoms with van der Waals surface area (Å²) in [6.07, 6.45) is 5.75. The Bertz CT molecular complexity index is 319. The van der Waals surface area contributed by atoms with E-state index in [0.717, 1.165) is 32.5 Å². The largest absolute Gasteiger partial charge is 0.378 e. The normalized spacial score (nSPS) is 32.1. The van der Waals surface area contributed by atoms with E-state index in [-0.39, 0.29) is 5.92 Å². The van der Waals surface area contributed by atoms with Crippen LogP contribution in [0.1, 0.15) is 39.5 Å². The highest BCUT2D eigenvalue weighted by Crippen LogP contribution is 2.31. The standard InChI is InChI=1S/C15H25NO2/c1-11(2)5-4-6-15(17)12-7-13-9-18-10-14(8-12)16(13)3/h5,12-14H,4,6-10H2,1-3H3. The molecule has 102 valence electrons. The molecule has 0 aliphatic carbocycles. The van der Waals surface area contributed by atoms with Gasteiger partial charge in [-0.2, -0.15) is 0 Å². The monoisotopic (exact) mass is 251 g/mol. The number of morpholine rings is 1. The second-order valence-electron chi connectivity index (χ2n) is 5.97. The molecular weight excluding hydrogens is 226 g/mol. The highest BCUT2D eigenvalue weighted by molar-refractivity contribution is 5.81. The Morgan fingerprint density at radius 2 is 1.89 bits per heavy atom. The van der Waals surface area contributed by atoms with Crippen molar-refractivity contribution in [2.24, 2.45) is 5.92 Å². The van der Waals surface area contributed by atoms with Crippen LogP contribution in [-0.4, -0.2) is 43.0 Å². The van der Waals surface area contributed by atoms with Crippen molar-refractivity contribution in [1.29, 1.82) is 0 Å². The Morgan fingerprint density at radius 3 is 2.44 bits per heavy atom. The van der Waals surface area contributed by atoms with Crippen LogP contribution in [-0.2, 0) is 9.53 Å². The Hall–Kier alpha value is -0.670. The molecule has 0 spiro atoms. The molecule has 2 unspecified atom stereocenters. The lowest BCUT2D eigenvalue weighted by molar-refractivity contribution is -0.131. The number of nitrogens with zero attached hydrogens (tertiary/aromatic N) is 1. The van der Waals surface area contributed by atoms with Crippen LogP contribution in [0.5, 0.6) is 0 Å². The molecule has 2 heterocycles. The number of fused-ring (bicyclic) bond motifs is 2. The van der Waals surface area contributed by atoms with Crippen LogP contribution in [0, 0.1) is 5.92 Å². The smallest absolute Gasteiger partial charge is 0.136 e. The zero-order valence-electron chi connectivity index (χ0n) is 11.8. The molecule has 2 aliphatic heterocycles. The van der Waals surface area contributed by atoms with E-state index in [1.54, 1.807) is 0 Å². The lowest BCUT2D eigenvalue weighted by Crippen LogP contribution is -2.55. The molecule has 0 saturated carbocycles. The summed E-state index contributed by atoms with van der Waals surface area (Å²) in [5.74, 6) is 0.725. The molecule has 2 atom stereocenters. The SMILES string of the molecule is CC(C)=CCCC(=O)C1CC2COCC(C1)N2C. The minimum Gasteiger partial charge on any atom is -0.378 e. The Morgan fingerprint density at radius 1 is 1.28 bits per heavy atom. The molecule has 3 heteroatoms. The molecule has 2 fully saturated rings. The van der Waals surface area contributed by atoms with E-state index in [4.69, 9.17) is 4.74 Å². The van der Waals surface area contributed by atoms with E-state index in [0.29, 0.717) is 24.3 Å². The number of carbonyl (C=O) groups is 1. The summed E-state index contributed by atoms with van der Waals surface area (Å²) in [4.78, 5) is 14.6. The number of rotatable bonds is 4. The molecule has 3 nitrogen and oxygen atoms in total. The number of allylic oxidation sites excluding steroid dienone is 2. The van der Waals surface area contributed by atoms with Crippen molar-refractivity contribution in [3.63, 3.8) is 0 Å². The minimum atomic E-state index is 0.269. The Labute approximate surface area is 110 Å². The summed E-state index contributed by atoms with van der Waals surface area (Å²) in [5, 5.41) is 0. The number of ketones is 1. The van der Waals surface area contributed by atoms with Crippen molar-refractivity contribution in [3.8, 4) is 0 Å². The summed E-state index contributed by atoms with van der Waals surface area (Å²) in [7, 11) is 2.17. The fourth-order valence-electron chi connectivity index (χ4n) is 3.07. The van der Waals surface area contributed by atoms with E-state index in [1.165, 1.54) is 5.57 Å². The quantitative estimate of drug-likeness (QED) is 0.719. The van der Waals surface area contributed by atoms with Gasteiger partial charge < -0.3 is 4.74 Å². The van der Waals surface area contributed by atoms with Crippen molar-refractivity contribution in [2.45, 2.75) is 51.6 Å². The minimum absolute atomic E-state index is 0.269. The first-order chi connectivity index (χ1) is 8.58. The molecule has 0 aromatic carbocycles. The third-order valence-electron chi connectivity index (χ3n) is 4.28. The van der Waals surface area contributed by atoms with Crippen molar-refractivity contribution in [2.75, 3.05) is 20.3 Å². The Kier molecular flexibility index (Phi) is 4.57. The van der Waals surface area contributed by atoms with Crippen LogP contribution < -0.4 is 0 Å². The third-order valence-corrected chi connectivity index (χ3v) is 4.28. The van der Waals surface area contributed by atoms with Crippen LogP contribution in [0.4, 0.5) is 0 Å². The first kappa shape index (κ1) is 13.8. The number of hydrogen-bond acceptors (Lipinski definition) is 3. The number of hydrogen-bond donors (Lipinski definition) is 0. The second-order valence-corrected chi connectivity index (χ2v) is 5.97. The van der Waals surface area contributed by atoms with Gasteiger partial charge in [-0.05, 0) is 40.2 Å². The first-order valence-electron chi connectivity index (χ1n) is 7.03. The second kappa shape index (κ2) is 5.98. The molecule has 2 rings (SSSR count). The molecule has 2 saturated heterocycles. The molecule has 0 amide bonds. The van der Waals surface area contributed by atoms with Gasteiger partial charge in [-0.3, -0.25) is 9.69 Å². The number of Topliss-reactive ketones (excluding diaryl/α,β-unsaturated/α-hetero) is 1. The molecule has 0 aromatic rings. The maximum absolute atomic E-state index is 12.2. The van der Waals surface area contributed by atoms with Crippen LogP contribution >= 0.6 is 0 Å².